The van der Waals surface area contributed by atoms with Crippen LogP contribution in [0, 0.1) is 5.82 Å². The lowest BCUT2D eigenvalue weighted by molar-refractivity contribution is -0.137. The molecule has 8 heteroatoms. The number of anilines is 1. The van der Waals surface area contributed by atoms with E-state index in [1.54, 1.807) is 30.3 Å². The van der Waals surface area contributed by atoms with E-state index in [0.717, 1.165) is 25.2 Å². The van der Waals surface area contributed by atoms with Crippen molar-refractivity contribution in [2.24, 2.45) is 5.73 Å². The standard InChI is InChI=1S/C21H26ClFN4O2/c1-15-11-26(12-16-2-5-18(23)6-3-16)8-9-27(15)21(28)13-29-20-7-4-17(22)10-19(20)25-14-24/h2-7,10,15,25H,8-9,11-14,24H2,1H3. The summed E-state index contributed by atoms with van der Waals surface area (Å²) >= 11 is 6.00. The highest BCUT2D eigenvalue weighted by Gasteiger charge is 2.27. The van der Waals surface area contributed by atoms with Crippen molar-refractivity contribution in [3.8, 4) is 5.75 Å². The van der Waals surface area contributed by atoms with Crippen LogP contribution < -0.4 is 15.8 Å². The number of halogens is 2. The molecular weight excluding hydrogens is 395 g/mol. The third-order valence-corrected chi connectivity index (χ3v) is 5.17. The van der Waals surface area contributed by atoms with Gasteiger partial charge in [-0.3, -0.25) is 9.69 Å². The Morgan fingerprint density at radius 3 is 2.72 bits per heavy atom. The average molecular weight is 421 g/mol. The highest BCUT2D eigenvalue weighted by molar-refractivity contribution is 6.30. The van der Waals surface area contributed by atoms with E-state index in [9.17, 15) is 9.18 Å². The first kappa shape index (κ1) is 21.4. The molecule has 1 heterocycles. The SMILES string of the molecule is CC1CN(Cc2ccc(F)cc2)CCN1C(=O)COc1ccc(Cl)cc1NCN. The fourth-order valence-electron chi connectivity index (χ4n) is 3.49. The maximum atomic E-state index is 13.1. The molecule has 0 saturated carbocycles. The molecule has 156 valence electrons. The summed E-state index contributed by atoms with van der Waals surface area (Å²) in [7, 11) is 0. The molecule has 6 nitrogen and oxygen atoms in total. The van der Waals surface area contributed by atoms with E-state index in [0.29, 0.717) is 23.0 Å². The van der Waals surface area contributed by atoms with Gasteiger partial charge >= 0.3 is 0 Å². The molecule has 0 aliphatic carbocycles. The molecule has 1 unspecified atom stereocenters. The molecule has 1 aliphatic rings. The second-order valence-corrected chi connectivity index (χ2v) is 7.54. The smallest absolute Gasteiger partial charge is 0.260 e. The predicted molar refractivity (Wildman–Crippen MR) is 112 cm³/mol. The minimum absolute atomic E-state index is 0.0524. The second kappa shape index (κ2) is 9.91. The molecule has 29 heavy (non-hydrogen) atoms. The number of nitrogens with one attached hydrogen (secondary N) is 1. The molecule has 1 aliphatic heterocycles. The van der Waals surface area contributed by atoms with Crippen LogP contribution in [0.4, 0.5) is 10.1 Å². The topological polar surface area (TPSA) is 70.8 Å². The Morgan fingerprint density at radius 1 is 1.28 bits per heavy atom. The van der Waals surface area contributed by atoms with Gasteiger partial charge in [0.2, 0.25) is 0 Å². The van der Waals surface area contributed by atoms with Crippen LogP contribution in [0.1, 0.15) is 12.5 Å². The lowest BCUT2D eigenvalue weighted by Gasteiger charge is -2.39. The van der Waals surface area contributed by atoms with Gasteiger partial charge in [-0.25, -0.2) is 4.39 Å². The van der Waals surface area contributed by atoms with Gasteiger partial charge in [-0.1, -0.05) is 23.7 Å². The number of rotatable bonds is 7. The lowest BCUT2D eigenvalue weighted by atomic mass is 10.1. The Kier molecular flexibility index (Phi) is 7.30. The normalized spacial score (nSPS) is 17.2. The summed E-state index contributed by atoms with van der Waals surface area (Å²) in [5, 5.41) is 3.54. The summed E-state index contributed by atoms with van der Waals surface area (Å²) < 4.78 is 18.8. The van der Waals surface area contributed by atoms with Gasteiger partial charge in [0, 0.05) is 37.2 Å². The molecule has 1 amide bonds. The summed E-state index contributed by atoms with van der Waals surface area (Å²) in [6.45, 7) is 5.08. The third-order valence-electron chi connectivity index (χ3n) is 4.94. The summed E-state index contributed by atoms with van der Waals surface area (Å²) in [4.78, 5) is 16.8. The number of hydrogen-bond donors (Lipinski definition) is 2. The number of benzene rings is 2. The number of hydrogen-bond acceptors (Lipinski definition) is 5. The van der Waals surface area contributed by atoms with Crippen molar-refractivity contribution >= 4 is 23.2 Å². The van der Waals surface area contributed by atoms with Gasteiger partial charge in [0.1, 0.15) is 11.6 Å². The van der Waals surface area contributed by atoms with Gasteiger partial charge in [0.05, 0.1) is 12.4 Å². The summed E-state index contributed by atoms with van der Waals surface area (Å²) in [6, 6.07) is 11.7. The highest BCUT2D eigenvalue weighted by Crippen LogP contribution is 2.28. The molecule has 1 fully saturated rings. The number of nitrogens with zero attached hydrogens (tertiary/aromatic N) is 2. The zero-order chi connectivity index (χ0) is 20.8. The highest BCUT2D eigenvalue weighted by atomic mass is 35.5. The van der Waals surface area contributed by atoms with E-state index in [1.807, 2.05) is 11.8 Å². The van der Waals surface area contributed by atoms with Crippen molar-refractivity contribution in [2.45, 2.75) is 19.5 Å². The fourth-order valence-corrected chi connectivity index (χ4v) is 3.67. The quantitative estimate of drug-likeness (QED) is 0.674. The van der Waals surface area contributed by atoms with Gasteiger partial charge in [0.25, 0.3) is 5.91 Å². The summed E-state index contributed by atoms with van der Waals surface area (Å²) in [6.07, 6.45) is 0. The Morgan fingerprint density at radius 2 is 2.03 bits per heavy atom. The van der Waals surface area contributed by atoms with Crippen LogP contribution in [0.25, 0.3) is 0 Å². The lowest BCUT2D eigenvalue weighted by Crippen LogP contribution is -2.54. The van der Waals surface area contributed by atoms with Crippen LogP contribution in [0.3, 0.4) is 0 Å². The molecular formula is C21H26ClFN4O2. The van der Waals surface area contributed by atoms with Crippen molar-refractivity contribution in [2.75, 3.05) is 38.2 Å². The number of piperazine rings is 1. The molecule has 1 atom stereocenters. The number of carbonyl (C=O) groups excluding carboxylic acids is 1. The van der Waals surface area contributed by atoms with Crippen molar-refractivity contribution in [3.05, 3.63) is 58.9 Å². The predicted octanol–water partition coefficient (Wildman–Crippen LogP) is 2.92. The number of ether oxygens (including phenoxy) is 1. The number of carbonyl (C=O) groups is 1. The molecule has 3 rings (SSSR count). The Bertz CT molecular complexity index is 834. The minimum atomic E-state index is -0.233. The van der Waals surface area contributed by atoms with E-state index < -0.39 is 0 Å². The van der Waals surface area contributed by atoms with Crippen LogP contribution in [0.2, 0.25) is 5.02 Å². The largest absolute Gasteiger partial charge is 0.482 e. The van der Waals surface area contributed by atoms with E-state index in [1.165, 1.54) is 12.1 Å². The van der Waals surface area contributed by atoms with E-state index in [-0.39, 0.29) is 31.0 Å². The van der Waals surface area contributed by atoms with Crippen LogP contribution >= 0.6 is 11.6 Å². The molecule has 2 aromatic carbocycles. The molecule has 3 N–H and O–H groups in total. The number of nitrogens with two attached hydrogens (primary N) is 1. The second-order valence-electron chi connectivity index (χ2n) is 7.11. The molecule has 0 radical (unpaired) electrons. The van der Waals surface area contributed by atoms with Gasteiger partial charge < -0.3 is 20.7 Å². The Balaban J connectivity index is 1.53. The van der Waals surface area contributed by atoms with Crippen LogP contribution in [0.15, 0.2) is 42.5 Å². The van der Waals surface area contributed by atoms with Crippen molar-refractivity contribution in [3.63, 3.8) is 0 Å². The minimum Gasteiger partial charge on any atom is -0.482 e. The monoisotopic (exact) mass is 420 g/mol. The van der Waals surface area contributed by atoms with Crippen LogP contribution in [-0.2, 0) is 11.3 Å². The van der Waals surface area contributed by atoms with Gasteiger partial charge in [0.15, 0.2) is 6.61 Å². The van der Waals surface area contributed by atoms with Gasteiger partial charge in [-0.05, 0) is 42.8 Å². The van der Waals surface area contributed by atoms with Crippen molar-refractivity contribution in [1.29, 1.82) is 0 Å². The zero-order valence-electron chi connectivity index (χ0n) is 16.4. The third kappa shape index (κ3) is 5.82. The Hall–Kier alpha value is -2.35. The molecule has 0 spiro atoms. The van der Waals surface area contributed by atoms with Crippen molar-refractivity contribution < 1.29 is 13.9 Å². The first-order valence-corrected chi connectivity index (χ1v) is 9.96. The maximum Gasteiger partial charge on any atom is 0.260 e. The van der Waals surface area contributed by atoms with Gasteiger partial charge in [-0.2, -0.15) is 0 Å². The van der Waals surface area contributed by atoms with Crippen LogP contribution in [0.5, 0.6) is 5.75 Å². The van der Waals surface area contributed by atoms with E-state index >= 15 is 0 Å². The molecule has 0 aromatic heterocycles. The van der Waals surface area contributed by atoms with E-state index in [2.05, 4.69) is 10.2 Å². The Labute approximate surface area is 175 Å². The van der Waals surface area contributed by atoms with Crippen LogP contribution in [-0.4, -0.2) is 54.7 Å². The maximum absolute atomic E-state index is 13.1. The average Bonchev–Trinajstić information content (AvgIpc) is 2.69. The number of amides is 1. The first-order chi connectivity index (χ1) is 14.0. The van der Waals surface area contributed by atoms with E-state index in [4.69, 9.17) is 22.1 Å². The van der Waals surface area contributed by atoms with Gasteiger partial charge in [-0.15, -0.1) is 0 Å². The zero-order valence-corrected chi connectivity index (χ0v) is 17.2. The molecule has 0 bridgehead atoms. The summed E-state index contributed by atoms with van der Waals surface area (Å²) in [5.74, 6) is 0.242. The molecule has 1 saturated heterocycles. The summed E-state index contributed by atoms with van der Waals surface area (Å²) in [5.41, 5.74) is 7.25. The van der Waals surface area contributed by atoms with Crippen molar-refractivity contribution in [1.82, 2.24) is 9.80 Å². The molecule has 2 aromatic rings. The first-order valence-electron chi connectivity index (χ1n) is 9.59. The fraction of sp³-hybridized carbons (Fsp3) is 0.381.